The van der Waals surface area contributed by atoms with Gasteiger partial charge in [-0.25, -0.2) is 0 Å². The standard InChI is InChI=1S/C20H23N3O/c1-2-24-16-18-9-6-10-20(11-18)21-12-19-13-22-23(15-19)14-17-7-4-3-5-8-17/h3-11,13,15,21H,2,12,14,16H2,1H3. The Labute approximate surface area is 143 Å². The minimum Gasteiger partial charge on any atom is -0.381 e. The van der Waals surface area contributed by atoms with Crippen LogP contribution in [-0.4, -0.2) is 16.4 Å². The van der Waals surface area contributed by atoms with Gasteiger partial charge in [-0.1, -0.05) is 42.5 Å². The highest BCUT2D eigenvalue weighted by molar-refractivity contribution is 5.46. The molecule has 0 aliphatic heterocycles. The van der Waals surface area contributed by atoms with Crippen LogP contribution in [0.2, 0.25) is 0 Å². The second-order valence-electron chi connectivity index (χ2n) is 5.72. The van der Waals surface area contributed by atoms with Crippen molar-refractivity contribution in [3.05, 3.63) is 83.7 Å². The van der Waals surface area contributed by atoms with Gasteiger partial charge in [0.05, 0.1) is 19.3 Å². The van der Waals surface area contributed by atoms with E-state index in [1.54, 1.807) is 0 Å². The Morgan fingerprint density at radius 1 is 1.00 bits per heavy atom. The third-order valence-corrected chi connectivity index (χ3v) is 3.77. The van der Waals surface area contributed by atoms with Gasteiger partial charge in [0.2, 0.25) is 0 Å². The summed E-state index contributed by atoms with van der Waals surface area (Å²) < 4.78 is 7.43. The van der Waals surface area contributed by atoms with Gasteiger partial charge in [-0.3, -0.25) is 4.68 Å². The van der Waals surface area contributed by atoms with Crippen LogP contribution in [0.25, 0.3) is 0 Å². The first-order valence-corrected chi connectivity index (χ1v) is 8.29. The number of ether oxygens (including phenoxy) is 1. The molecule has 0 aliphatic rings. The van der Waals surface area contributed by atoms with Gasteiger partial charge in [-0.05, 0) is 30.2 Å². The molecule has 3 aromatic rings. The molecule has 3 rings (SSSR count). The summed E-state index contributed by atoms with van der Waals surface area (Å²) >= 11 is 0. The third-order valence-electron chi connectivity index (χ3n) is 3.77. The average molecular weight is 321 g/mol. The molecule has 0 spiro atoms. The van der Waals surface area contributed by atoms with Crippen LogP contribution in [0.15, 0.2) is 67.0 Å². The maximum Gasteiger partial charge on any atom is 0.0717 e. The maximum atomic E-state index is 5.46. The number of rotatable bonds is 8. The second-order valence-corrected chi connectivity index (χ2v) is 5.72. The highest BCUT2D eigenvalue weighted by Gasteiger charge is 2.01. The van der Waals surface area contributed by atoms with E-state index in [9.17, 15) is 0 Å². The van der Waals surface area contributed by atoms with Crippen molar-refractivity contribution in [2.75, 3.05) is 11.9 Å². The Kier molecular flexibility index (Phi) is 5.64. The Bertz CT molecular complexity index is 752. The molecule has 0 saturated heterocycles. The van der Waals surface area contributed by atoms with Crippen molar-refractivity contribution in [1.82, 2.24) is 9.78 Å². The van der Waals surface area contributed by atoms with Crippen LogP contribution >= 0.6 is 0 Å². The summed E-state index contributed by atoms with van der Waals surface area (Å²) in [4.78, 5) is 0. The molecule has 1 aromatic heterocycles. The number of benzene rings is 2. The van der Waals surface area contributed by atoms with Crippen LogP contribution < -0.4 is 5.32 Å². The van der Waals surface area contributed by atoms with E-state index in [0.29, 0.717) is 6.61 Å². The third kappa shape index (κ3) is 4.70. The summed E-state index contributed by atoms with van der Waals surface area (Å²) in [5, 5.41) is 7.88. The van der Waals surface area contributed by atoms with Crippen LogP contribution in [0.1, 0.15) is 23.6 Å². The Morgan fingerprint density at radius 2 is 1.83 bits per heavy atom. The Hall–Kier alpha value is -2.59. The van der Waals surface area contributed by atoms with Crippen molar-refractivity contribution < 1.29 is 4.74 Å². The van der Waals surface area contributed by atoms with Gasteiger partial charge in [0.1, 0.15) is 0 Å². The lowest BCUT2D eigenvalue weighted by Gasteiger charge is -2.07. The van der Waals surface area contributed by atoms with E-state index in [-0.39, 0.29) is 0 Å². The molecule has 1 N–H and O–H groups in total. The molecule has 124 valence electrons. The molecule has 4 heteroatoms. The predicted molar refractivity (Wildman–Crippen MR) is 96.9 cm³/mol. The lowest BCUT2D eigenvalue weighted by molar-refractivity contribution is 0.134. The molecule has 0 saturated carbocycles. The van der Waals surface area contributed by atoms with Gasteiger partial charge in [0.25, 0.3) is 0 Å². The van der Waals surface area contributed by atoms with E-state index in [0.717, 1.165) is 25.4 Å². The first-order chi connectivity index (χ1) is 11.8. The Balaban J connectivity index is 1.55. The lowest BCUT2D eigenvalue weighted by Crippen LogP contribution is -2.01. The average Bonchev–Trinajstić information content (AvgIpc) is 3.07. The molecule has 0 unspecified atom stereocenters. The number of nitrogens with zero attached hydrogens (tertiary/aromatic N) is 2. The molecule has 0 amide bonds. The largest absolute Gasteiger partial charge is 0.381 e. The first-order valence-electron chi connectivity index (χ1n) is 8.29. The van der Waals surface area contributed by atoms with Crippen LogP contribution in [0, 0.1) is 0 Å². The SMILES string of the molecule is CCOCc1cccc(NCc2cnn(Cc3ccccc3)c2)c1. The fourth-order valence-corrected chi connectivity index (χ4v) is 2.55. The molecule has 1 heterocycles. The smallest absolute Gasteiger partial charge is 0.0717 e. The van der Waals surface area contributed by atoms with Crippen molar-refractivity contribution in [1.29, 1.82) is 0 Å². The minimum absolute atomic E-state index is 0.654. The number of anilines is 1. The van der Waals surface area contributed by atoms with Crippen LogP contribution in [0.3, 0.4) is 0 Å². The highest BCUT2D eigenvalue weighted by atomic mass is 16.5. The fourth-order valence-electron chi connectivity index (χ4n) is 2.55. The Morgan fingerprint density at radius 3 is 2.67 bits per heavy atom. The molecule has 0 aliphatic carbocycles. The van der Waals surface area contributed by atoms with Gasteiger partial charge in [-0.2, -0.15) is 5.10 Å². The summed E-state index contributed by atoms with van der Waals surface area (Å²) in [7, 11) is 0. The number of hydrogen-bond acceptors (Lipinski definition) is 3. The van der Waals surface area contributed by atoms with Crippen LogP contribution in [0.5, 0.6) is 0 Å². The van der Waals surface area contributed by atoms with Gasteiger partial charge < -0.3 is 10.1 Å². The van der Waals surface area contributed by atoms with Gasteiger partial charge >= 0.3 is 0 Å². The normalized spacial score (nSPS) is 10.7. The zero-order valence-corrected chi connectivity index (χ0v) is 14.0. The van der Waals surface area contributed by atoms with E-state index in [1.165, 1.54) is 16.7 Å². The van der Waals surface area contributed by atoms with E-state index >= 15 is 0 Å². The molecule has 4 nitrogen and oxygen atoms in total. The van der Waals surface area contributed by atoms with E-state index in [4.69, 9.17) is 4.74 Å². The van der Waals surface area contributed by atoms with Gasteiger partial charge in [0.15, 0.2) is 0 Å². The highest BCUT2D eigenvalue weighted by Crippen LogP contribution is 2.13. The van der Waals surface area contributed by atoms with E-state index in [2.05, 4.69) is 65.1 Å². The molecule has 0 bridgehead atoms. The zero-order valence-electron chi connectivity index (χ0n) is 14.0. The summed E-state index contributed by atoms with van der Waals surface area (Å²) in [6.07, 6.45) is 4.00. The summed E-state index contributed by atoms with van der Waals surface area (Å²) in [5.41, 5.74) is 4.70. The first kappa shape index (κ1) is 16.3. The summed E-state index contributed by atoms with van der Waals surface area (Å²) in [5.74, 6) is 0. The minimum atomic E-state index is 0.654. The second kappa shape index (κ2) is 8.31. The van der Waals surface area contributed by atoms with E-state index in [1.807, 2.05) is 23.9 Å². The van der Waals surface area contributed by atoms with E-state index < -0.39 is 0 Å². The van der Waals surface area contributed by atoms with Crippen molar-refractivity contribution >= 4 is 5.69 Å². The molecule has 0 radical (unpaired) electrons. The topological polar surface area (TPSA) is 39.1 Å². The number of nitrogens with one attached hydrogen (secondary N) is 1. The number of aromatic nitrogens is 2. The molecular weight excluding hydrogens is 298 g/mol. The molecule has 0 atom stereocenters. The van der Waals surface area contributed by atoms with Crippen LogP contribution in [-0.2, 0) is 24.4 Å². The molecule has 24 heavy (non-hydrogen) atoms. The van der Waals surface area contributed by atoms with Gasteiger partial charge in [-0.15, -0.1) is 0 Å². The summed E-state index contributed by atoms with van der Waals surface area (Å²) in [6.45, 7) is 4.95. The lowest BCUT2D eigenvalue weighted by atomic mass is 10.2. The zero-order chi connectivity index (χ0) is 16.6. The monoisotopic (exact) mass is 321 g/mol. The molecular formula is C20H23N3O. The molecule has 0 fully saturated rings. The summed E-state index contributed by atoms with van der Waals surface area (Å²) in [6, 6.07) is 18.7. The van der Waals surface area contributed by atoms with Crippen molar-refractivity contribution in [2.45, 2.75) is 26.6 Å². The number of hydrogen-bond donors (Lipinski definition) is 1. The maximum absolute atomic E-state index is 5.46. The fraction of sp³-hybridized carbons (Fsp3) is 0.250. The van der Waals surface area contributed by atoms with Crippen molar-refractivity contribution in [2.24, 2.45) is 0 Å². The van der Waals surface area contributed by atoms with Crippen molar-refractivity contribution in [3.63, 3.8) is 0 Å². The molecule has 2 aromatic carbocycles. The van der Waals surface area contributed by atoms with Gasteiger partial charge in [0, 0.05) is 30.6 Å². The van der Waals surface area contributed by atoms with Crippen LogP contribution in [0.4, 0.5) is 5.69 Å². The predicted octanol–water partition coefficient (Wildman–Crippen LogP) is 4.08. The van der Waals surface area contributed by atoms with Crippen molar-refractivity contribution in [3.8, 4) is 0 Å². The quantitative estimate of drug-likeness (QED) is 0.679.